The minimum Gasteiger partial charge on any atom is -0.508 e. The van der Waals surface area contributed by atoms with Gasteiger partial charge in [-0.05, 0) is 41.8 Å². The summed E-state index contributed by atoms with van der Waals surface area (Å²) in [6, 6.07) is 21.6. The average molecular weight is 504 g/mol. The average Bonchev–Trinajstić information content (AvgIpc) is 3.51. The van der Waals surface area contributed by atoms with Crippen molar-refractivity contribution < 1.29 is 14.6 Å². The highest BCUT2D eigenvalue weighted by Gasteiger charge is 2.19. The lowest BCUT2D eigenvalue weighted by Crippen LogP contribution is -2.24. The van der Waals surface area contributed by atoms with Gasteiger partial charge in [0.2, 0.25) is 6.79 Å². The summed E-state index contributed by atoms with van der Waals surface area (Å²) in [5, 5.41) is 10.4. The van der Waals surface area contributed by atoms with Gasteiger partial charge in [0, 0.05) is 36.8 Å². The molecule has 0 fully saturated rings. The van der Waals surface area contributed by atoms with Crippen LogP contribution in [0.2, 0.25) is 5.02 Å². The Hall–Kier alpha value is -3.48. The van der Waals surface area contributed by atoms with Gasteiger partial charge in [-0.15, -0.1) is 0 Å². The number of aromatic nitrogens is 2. The molecular formula is C29H30ClN3O3. The minimum absolute atomic E-state index is 0.163. The fourth-order valence-corrected chi connectivity index (χ4v) is 4.75. The van der Waals surface area contributed by atoms with Crippen molar-refractivity contribution >= 4 is 11.6 Å². The van der Waals surface area contributed by atoms with E-state index >= 15 is 0 Å². The zero-order chi connectivity index (χ0) is 24.9. The van der Waals surface area contributed by atoms with Crippen molar-refractivity contribution in [2.24, 2.45) is 0 Å². The first-order valence-electron chi connectivity index (χ1n) is 12.3. The molecule has 2 heterocycles. The minimum atomic E-state index is 0.163. The molecule has 4 aromatic rings. The lowest BCUT2D eigenvalue weighted by Gasteiger charge is -2.24. The highest BCUT2D eigenvalue weighted by atomic mass is 35.5. The molecule has 6 nitrogen and oxygen atoms in total. The largest absolute Gasteiger partial charge is 0.508 e. The Bertz CT molecular complexity index is 1320. The highest BCUT2D eigenvalue weighted by Crippen LogP contribution is 2.33. The second-order valence-corrected chi connectivity index (χ2v) is 9.46. The molecule has 0 saturated carbocycles. The molecule has 0 unspecified atom stereocenters. The first kappa shape index (κ1) is 24.2. The Morgan fingerprint density at radius 2 is 1.81 bits per heavy atom. The molecule has 0 amide bonds. The summed E-state index contributed by atoms with van der Waals surface area (Å²) < 4.78 is 13.4. The molecule has 0 radical (unpaired) electrons. The molecule has 0 atom stereocenters. The van der Waals surface area contributed by atoms with E-state index in [1.54, 1.807) is 12.1 Å². The smallest absolute Gasteiger partial charge is 0.231 e. The van der Waals surface area contributed by atoms with Crippen LogP contribution in [0.5, 0.6) is 17.2 Å². The Morgan fingerprint density at radius 3 is 2.61 bits per heavy atom. The topological polar surface area (TPSA) is 59.8 Å². The Morgan fingerprint density at radius 1 is 0.972 bits per heavy atom. The highest BCUT2D eigenvalue weighted by molar-refractivity contribution is 6.31. The van der Waals surface area contributed by atoms with Crippen LogP contribution in [0.1, 0.15) is 36.6 Å². The first-order chi connectivity index (χ1) is 17.6. The maximum Gasteiger partial charge on any atom is 0.231 e. The van der Waals surface area contributed by atoms with Gasteiger partial charge in [0.1, 0.15) is 11.6 Å². The van der Waals surface area contributed by atoms with E-state index in [9.17, 15) is 5.11 Å². The number of fused-ring (bicyclic) bond motifs is 1. The lowest BCUT2D eigenvalue weighted by atomic mass is 10.1. The van der Waals surface area contributed by atoms with Gasteiger partial charge in [0.25, 0.3) is 0 Å². The predicted octanol–water partition coefficient (Wildman–Crippen LogP) is 6.64. The molecule has 0 aliphatic carbocycles. The number of ether oxygens (including phenoxy) is 2. The van der Waals surface area contributed by atoms with E-state index in [0.717, 1.165) is 59.1 Å². The molecule has 1 aliphatic heterocycles. The van der Waals surface area contributed by atoms with Crippen molar-refractivity contribution in [1.29, 1.82) is 0 Å². The Balaban J connectivity index is 1.46. The lowest BCUT2D eigenvalue weighted by molar-refractivity contribution is 0.174. The molecule has 0 spiro atoms. The fourth-order valence-electron chi connectivity index (χ4n) is 4.52. The van der Waals surface area contributed by atoms with Crippen LogP contribution in [0, 0.1) is 0 Å². The number of hydrogen-bond acceptors (Lipinski definition) is 5. The van der Waals surface area contributed by atoms with Crippen LogP contribution in [-0.4, -0.2) is 26.4 Å². The van der Waals surface area contributed by atoms with Crippen LogP contribution in [-0.2, 0) is 26.2 Å². The Labute approximate surface area is 216 Å². The molecule has 186 valence electrons. The molecule has 0 saturated heterocycles. The summed E-state index contributed by atoms with van der Waals surface area (Å²) in [7, 11) is 0. The van der Waals surface area contributed by atoms with Crippen LogP contribution < -0.4 is 9.47 Å². The third kappa shape index (κ3) is 5.50. The summed E-state index contributed by atoms with van der Waals surface area (Å²) in [5.41, 5.74) is 4.34. The molecule has 1 aliphatic rings. The van der Waals surface area contributed by atoms with Crippen LogP contribution >= 0.6 is 11.6 Å². The van der Waals surface area contributed by atoms with Crippen LogP contribution in [0.4, 0.5) is 0 Å². The van der Waals surface area contributed by atoms with Gasteiger partial charge in [-0.25, -0.2) is 4.98 Å². The molecule has 1 aromatic heterocycles. The zero-order valence-corrected chi connectivity index (χ0v) is 21.1. The number of phenolic OH excluding ortho intramolecular Hbond substituents is 1. The maximum absolute atomic E-state index is 9.83. The third-order valence-corrected chi connectivity index (χ3v) is 6.72. The maximum atomic E-state index is 9.83. The molecule has 5 rings (SSSR count). The van der Waals surface area contributed by atoms with E-state index in [2.05, 4.69) is 34.6 Å². The van der Waals surface area contributed by atoms with E-state index in [1.807, 2.05) is 42.6 Å². The SMILES string of the molecule is CCCCn1c(CN(Cc2ccc3c(c2)OCO3)Cc2ccc(O)cc2Cl)cnc1-c1ccccc1. The third-order valence-electron chi connectivity index (χ3n) is 6.36. The predicted molar refractivity (Wildman–Crippen MR) is 141 cm³/mol. The molecule has 0 bridgehead atoms. The fraction of sp³-hybridized carbons (Fsp3) is 0.276. The summed E-state index contributed by atoms with van der Waals surface area (Å²) >= 11 is 6.50. The standard InChI is InChI=1S/C29H30ClN3O3/c1-2-3-13-33-24(16-31-29(33)22-7-5-4-6-8-22)19-32(18-23-10-11-25(34)15-26(23)30)17-21-9-12-27-28(14-21)36-20-35-27/h4-12,14-16,34H,2-3,13,17-20H2,1H3. The van der Waals surface area contributed by atoms with E-state index in [-0.39, 0.29) is 12.5 Å². The number of unbranched alkanes of at least 4 members (excludes halogenated alkanes) is 1. The number of phenols is 1. The van der Waals surface area contributed by atoms with Gasteiger partial charge in [-0.3, -0.25) is 4.90 Å². The number of nitrogens with zero attached hydrogens (tertiary/aromatic N) is 3. The van der Waals surface area contributed by atoms with Crippen LogP contribution in [0.25, 0.3) is 11.4 Å². The first-order valence-corrected chi connectivity index (χ1v) is 12.7. The van der Waals surface area contributed by atoms with Gasteiger partial charge < -0.3 is 19.1 Å². The molecule has 3 aromatic carbocycles. The Kier molecular flexibility index (Phi) is 7.44. The monoisotopic (exact) mass is 503 g/mol. The van der Waals surface area contributed by atoms with Crippen molar-refractivity contribution in [3.8, 4) is 28.6 Å². The second kappa shape index (κ2) is 11.1. The van der Waals surface area contributed by atoms with Gasteiger partial charge in [0.05, 0.1) is 11.9 Å². The number of aromatic hydroxyl groups is 1. The summed E-state index contributed by atoms with van der Waals surface area (Å²) in [6.45, 7) is 5.37. The number of rotatable bonds is 10. The number of hydrogen-bond donors (Lipinski definition) is 1. The van der Waals surface area contributed by atoms with E-state index < -0.39 is 0 Å². The second-order valence-electron chi connectivity index (χ2n) is 9.05. The quantitative estimate of drug-likeness (QED) is 0.263. The number of imidazole rings is 1. The van der Waals surface area contributed by atoms with Crippen LogP contribution in [0.3, 0.4) is 0 Å². The van der Waals surface area contributed by atoms with Crippen molar-refractivity contribution in [1.82, 2.24) is 14.5 Å². The van der Waals surface area contributed by atoms with Crippen molar-refractivity contribution in [2.75, 3.05) is 6.79 Å². The summed E-state index contributed by atoms with van der Waals surface area (Å²) in [6.07, 6.45) is 4.17. The van der Waals surface area contributed by atoms with Crippen molar-refractivity contribution in [2.45, 2.75) is 45.9 Å². The molecule has 36 heavy (non-hydrogen) atoms. The van der Waals surface area contributed by atoms with Crippen molar-refractivity contribution in [3.63, 3.8) is 0 Å². The summed E-state index contributed by atoms with van der Waals surface area (Å²) in [5.74, 6) is 2.70. The van der Waals surface area contributed by atoms with Crippen LogP contribution in [0.15, 0.2) is 72.9 Å². The summed E-state index contributed by atoms with van der Waals surface area (Å²) in [4.78, 5) is 7.16. The van der Waals surface area contributed by atoms with Gasteiger partial charge in [0.15, 0.2) is 11.5 Å². The number of halogens is 1. The van der Waals surface area contributed by atoms with E-state index in [4.69, 9.17) is 26.1 Å². The zero-order valence-electron chi connectivity index (χ0n) is 20.4. The molecule has 7 heteroatoms. The normalized spacial score (nSPS) is 12.4. The molecule has 1 N–H and O–H groups in total. The molecular weight excluding hydrogens is 474 g/mol. The van der Waals surface area contributed by atoms with Gasteiger partial charge in [-0.2, -0.15) is 0 Å². The van der Waals surface area contributed by atoms with E-state index in [0.29, 0.717) is 24.7 Å². The van der Waals surface area contributed by atoms with Crippen molar-refractivity contribution in [3.05, 3.63) is 94.8 Å². The number of benzene rings is 3. The van der Waals surface area contributed by atoms with Gasteiger partial charge in [-0.1, -0.05) is 67.4 Å². The van der Waals surface area contributed by atoms with E-state index in [1.165, 1.54) is 0 Å². The van der Waals surface area contributed by atoms with Gasteiger partial charge >= 0.3 is 0 Å².